The van der Waals surface area contributed by atoms with Gasteiger partial charge in [0.2, 0.25) is 0 Å². The van der Waals surface area contributed by atoms with Crippen LogP contribution in [0.3, 0.4) is 0 Å². The molecule has 1 N–H and O–H groups in total. The summed E-state index contributed by atoms with van der Waals surface area (Å²) in [6.07, 6.45) is -2.26. The van der Waals surface area contributed by atoms with Crippen LogP contribution in [0.2, 0.25) is 0 Å². The summed E-state index contributed by atoms with van der Waals surface area (Å²) in [7, 11) is 1.70. The Bertz CT molecular complexity index is 316. The van der Waals surface area contributed by atoms with Gasteiger partial charge >= 0.3 is 0 Å². The largest absolute Gasteiger partial charge is 0.384 e. The zero-order chi connectivity index (χ0) is 12.0. The van der Waals surface area contributed by atoms with Gasteiger partial charge in [0.1, 0.15) is 0 Å². The van der Waals surface area contributed by atoms with E-state index < -0.39 is 6.43 Å². The maximum atomic E-state index is 12.0. The van der Waals surface area contributed by atoms with Gasteiger partial charge in [-0.3, -0.25) is 4.90 Å². The molecule has 0 amide bonds. The van der Waals surface area contributed by atoms with Gasteiger partial charge in [0, 0.05) is 18.8 Å². The normalized spacial score (nSPS) is 11.1. The van der Waals surface area contributed by atoms with E-state index in [4.69, 9.17) is 0 Å². The van der Waals surface area contributed by atoms with E-state index in [9.17, 15) is 8.78 Å². The zero-order valence-corrected chi connectivity index (χ0v) is 9.71. The molecule has 0 radical (unpaired) electrons. The topological polar surface area (TPSA) is 15.3 Å². The minimum atomic E-state index is -2.26. The molecular weight excluding hydrogens is 210 g/mol. The predicted octanol–water partition coefficient (Wildman–Crippen LogP) is 2.60. The second-order valence-electron chi connectivity index (χ2n) is 3.95. The van der Waals surface area contributed by atoms with Crippen molar-refractivity contribution in [1.29, 1.82) is 0 Å². The van der Waals surface area contributed by atoms with E-state index in [2.05, 4.69) is 5.32 Å². The highest BCUT2D eigenvalue weighted by Gasteiger charge is 2.06. The maximum Gasteiger partial charge on any atom is 0.251 e. The second kappa shape index (κ2) is 6.43. The Morgan fingerprint density at radius 2 is 2.12 bits per heavy atom. The molecule has 2 nitrogen and oxygen atoms in total. The standard InChI is InChI=1S/C12H18F2N2/c1-10-4-3-5-11(8-10)15-6-7-16(2)9-12(13)14/h3-5,8,12,15H,6-7,9H2,1-2H3. The van der Waals surface area contributed by atoms with Gasteiger partial charge in [-0.25, -0.2) is 8.78 Å². The number of halogens is 2. The summed E-state index contributed by atoms with van der Waals surface area (Å²) in [4.78, 5) is 1.62. The summed E-state index contributed by atoms with van der Waals surface area (Å²) >= 11 is 0. The van der Waals surface area contributed by atoms with Gasteiger partial charge in [-0.15, -0.1) is 0 Å². The molecule has 0 aliphatic rings. The first-order valence-corrected chi connectivity index (χ1v) is 5.35. The molecule has 0 aromatic heterocycles. The van der Waals surface area contributed by atoms with Crippen molar-refractivity contribution in [3.8, 4) is 0 Å². The number of benzene rings is 1. The van der Waals surface area contributed by atoms with Crippen LogP contribution in [0.1, 0.15) is 5.56 Å². The van der Waals surface area contributed by atoms with Crippen LogP contribution in [-0.4, -0.2) is 38.0 Å². The lowest BCUT2D eigenvalue weighted by Crippen LogP contribution is -2.29. The van der Waals surface area contributed by atoms with E-state index in [0.717, 1.165) is 5.69 Å². The molecule has 1 aromatic carbocycles. The highest BCUT2D eigenvalue weighted by molar-refractivity contribution is 5.45. The fraction of sp³-hybridized carbons (Fsp3) is 0.500. The van der Waals surface area contributed by atoms with Crippen molar-refractivity contribution < 1.29 is 8.78 Å². The number of alkyl halides is 2. The van der Waals surface area contributed by atoms with E-state index in [-0.39, 0.29) is 6.54 Å². The first-order chi connectivity index (χ1) is 7.58. The molecule has 0 saturated carbocycles. The van der Waals surface area contributed by atoms with Gasteiger partial charge in [0.25, 0.3) is 6.43 Å². The van der Waals surface area contributed by atoms with E-state index in [1.807, 2.05) is 31.2 Å². The number of aryl methyl sites for hydroxylation is 1. The molecular formula is C12H18F2N2. The average molecular weight is 228 g/mol. The number of hydrogen-bond acceptors (Lipinski definition) is 2. The Morgan fingerprint density at radius 1 is 1.38 bits per heavy atom. The van der Waals surface area contributed by atoms with Crippen LogP contribution in [0.4, 0.5) is 14.5 Å². The van der Waals surface area contributed by atoms with Gasteiger partial charge in [-0.2, -0.15) is 0 Å². The highest BCUT2D eigenvalue weighted by Crippen LogP contribution is 2.08. The second-order valence-corrected chi connectivity index (χ2v) is 3.95. The summed E-state index contributed by atoms with van der Waals surface area (Å²) in [5.41, 5.74) is 2.22. The number of anilines is 1. The molecule has 0 heterocycles. The number of likely N-dealkylation sites (N-methyl/N-ethyl adjacent to an activating group) is 1. The molecule has 0 unspecified atom stereocenters. The lowest BCUT2D eigenvalue weighted by molar-refractivity contribution is 0.102. The van der Waals surface area contributed by atoms with Crippen molar-refractivity contribution >= 4 is 5.69 Å². The fourth-order valence-electron chi connectivity index (χ4n) is 1.47. The van der Waals surface area contributed by atoms with Crippen LogP contribution in [0.5, 0.6) is 0 Å². The molecule has 0 aliphatic heterocycles. The van der Waals surface area contributed by atoms with Crippen LogP contribution in [0, 0.1) is 6.92 Å². The predicted molar refractivity (Wildman–Crippen MR) is 63.2 cm³/mol. The van der Waals surface area contributed by atoms with Crippen LogP contribution >= 0.6 is 0 Å². The molecule has 90 valence electrons. The van der Waals surface area contributed by atoms with Gasteiger partial charge in [-0.05, 0) is 31.7 Å². The minimum absolute atomic E-state index is 0.171. The fourth-order valence-corrected chi connectivity index (χ4v) is 1.47. The van der Waals surface area contributed by atoms with E-state index in [1.165, 1.54) is 5.56 Å². The first-order valence-electron chi connectivity index (χ1n) is 5.35. The summed E-state index contributed by atoms with van der Waals surface area (Å²) in [5, 5.41) is 3.20. The molecule has 0 spiro atoms. The van der Waals surface area contributed by atoms with Crippen molar-refractivity contribution in [2.24, 2.45) is 0 Å². The van der Waals surface area contributed by atoms with Crippen molar-refractivity contribution in [2.45, 2.75) is 13.3 Å². The summed E-state index contributed by atoms with van der Waals surface area (Å²) < 4.78 is 24.1. The third kappa shape index (κ3) is 5.07. The van der Waals surface area contributed by atoms with Gasteiger partial charge < -0.3 is 5.32 Å². The molecule has 0 fully saturated rings. The Balaban J connectivity index is 2.25. The lowest BCUT2D eigenvalue weighted by atomic mass is 10.2. The molecule has 0 aliphatic carbocycles. The highest BCUT2D eigenvalue weighted by atomic mass is 19.3. The van der Waals surface area contributed by atoms with Gasteiger partial charge in [-0.1, -0.05) is 12.1 Å². The molecule has 16 heavy (non-hydrogen) atoms. The van der Waals surface area contributed by atoms with Crippen LogP contribution in [-0.2, 0) is 0 Å². The summed E-state index contributed by atoms with van der Waals surface area (Å²) in [5.74, 6) is 0. The first kappa shape index (κ1) is 12.9. The molecule has 1 aromatic rings. The average Bonchev–Trinajstić information content (AvgIpc) is 2.16. The quantitative estimate of drug-likeness (QED) is 0.805. The molecule has 0 bridgehead atoms. The van der Waals surface area contributed by atoms with Crippen molar-refractivity contribution in [3.05, 3.63) is 29.8 Å². The summed E-state index contributed by atoms with van der Waals surface area (Å²) in [6, 6.07) is 8.00. The molecule has 0 saturated heterocycles. The number of nitrogens with zero attached hydrogens (tertiary/aromatic N) is 1. The SMILES string of the molecule is Cc1cccc(NCCN(C)CC(F)F)c1. The van der Waals surface area contributed by atoms with Crippen molar-refractivity contribution in [1.82, 2.24) is 4.90 Å². The smallest absolute Gasteiger partial charge is 0.251 e. The monoisotopic (exact) mass is 228 g/mol. The zero-order valence-electron chi connectivity index (χ0n) is 9.71. The number of rotatable bonds is 6. The minimum Gasteiger partial charge on any atom is -0.384 e. The third-order valence-corrected chi connectivity index (χ3v) is 2.29. The Labute approximate surface area is 95.3 Å². The third-order valence-electron chi connectivity index (χ3n) is 2.29. The Kier molecular flexibility index (Phi) is 5.19. The lowest BCUT2D eigenvalue weighted by Gasteiger charge is -2.16. The van der Waals surface area contributed by atoms with Crippen molar-refractivity contribution in [2.75, 3.05) is 32.0 Å². The maximum absolute atomic E-state index is 12.0. The number of nitrogens with one attached hydrogen (secondary N) is 1. The van der Waals surface area contributed by atoms with Crippen molar-refractivity contribution in [3.63, 3.8) is 0 Å². The van der Waals surface area contributed by atoms with Crippen LogP contribution in [0.15, 0.2) is 24.3 Å². The van der Waals surface area contributed by atoms with Gasteiger partial charge in [0.15, 0.2) is 0 Å². The molecule has 0 atom stereocenters. The Morgan fingerprint density at radius 3 is 2.75 bits per heavy atom. The van der Waals surface area contributed by atoms with Gasteiger partial charge in [0.05, 0.1) is 6.54 Å². The summed E-state index contributed by atoms with van der Waals surface area (Å²) in [6.45, 7) is 3.13. The van der Waals surface area contributed by atoms with Crippen LogP contribution in [0.25, 0.3) is 0 Å². The molecule has 4 heteroatoms. The van der Waals surface area contributed by atoms with E-state index >= 15 is 0 Å². The number of hydrogen-bond donors (Lipinski definition) is 1. The van der Waals surface area contributed by atoms with E-state index in [1.54, 1.807) is 11.9 Å². The Hall–Kier alpha value is -1.16. The van der Waals surface area contributed by atoms with E-state index in [0.29, 0.717) is 13.1 Å². The molecule has 1 rings (SSSR count). The van der Waals surface area contributed by atoms with Crippen LogP contribution < -0.4 is 5.32 Å².